The summed E-state index contributed by atoms with van der Waals surface area (Å²) >= 11 is 6.02. The Bertz CT molecular complexity index is 892. The molecule has 0 fully saturated rings. The lowest BCUT2D eigenvalue weighted by Crippen LogP contribution is -2.17. The summed E-state index contributed by atoms with van der Waals surface area (Å²) in [5.74, 6) is 1.08. The number of benzene rings is 3. The van der Waals surface area contributed by atoms with Crippen LogP contribution >= 0.6 is 11.6 Å². The maximum Gasteiger partial charge on any atom is 0.349 e. The number of carbonyl (C=O) groups excluding carboxylic acids is 1. The maximum atomic E-state index is 11.9. The van der Waals surface area contributed by atoms with Gasteiger partial charge in [-0.2, -0.15) is 0 Å². The van der Waals surface area contributed by atoms with Gasteiger partial charge in [0.25, 0.3) is 0 Å². The summed E-state index contributed by atoms with van der Waals surface area (Å²) < 4.78 is 16.4. The molecule has 0 aliphatic heterocycles. The third-order valence-corrected chi connectivity index (χ3v) is 4.05. The fourth-order valence-electron chi connectivity index (χ4n) is 2.36. The molecule has 5 heteroatoms. The first-order valence-electron chi connectivity index (χ1n) is 8.46. The molecule has 0 amide bonds. The van der Waals surface area contributed by atoms with Crippen LogP contribution in [-0.4, -0.2) is 12.6 Å². The lowest BCUT2D eigenvalue weighted by molar-refractivity contribution is -0.136. The number of esters is 1. The fraction of sp³-hybridized carbons (Fsp3) is 0.136. The van der Waals surface area contributed by atoms with Crippen LogP contribution in [-0.2, 0) is 11.4 Å². The van der Waals surface area contributed by atoms with Gasteiger partial charge in [0, 0.05) is 0 Å². The third-order valence-electron chi connectivity index (χ3n) is 3.74. The van der Waals surface area contributed by atoms with Crippen molar-refractivity contribution in [3.63, 3.8) is 0 Å². The molecular formula is C22H19ClO4. The maximum absolute atomic E-state index is 11.9. The molecule has 0 unspecified atom stereocenters. The molecule has 0 aliphatic rings. The number of rotatable bonds is 7. The van der Waals surface area contributed by atoms with Crippen LogP contribution in [0.4, 0.5) is 0 Å². The van der Waals surface area contributed by atoms with Crippen LogP contribution in [0.3, 0.4) is 0 Å². The van der Waals surface area contributed by atoms with Gasteiger partial charge in [-0.05, 0) is 54.4 Å². The topological polar surface area (TPSA) is 44.8 Å². The van der Waals surface area contributed by atoms with E-state index in [2.05, 4.69) is 0 Å². The highest BCUT2D eigenvalue weighted by Crippen LogP contribution is 2.25. The first-order chi connectivity index (χ1) is 13.1. The highest BCUT2D eigenvalue weighted by molar-refractivity contribution is 6.32. The van der Waals surface area contributed by atoms with Crippen molar-refractivity contribution in [3.8, 4) is 17.2 Å². The molecule has 3 aromatic carbocycles. The van der Waals surface area contributed by atoms with E-state index in [9.17, 15) is 4.79 Å². The second-order valence-corrected chi connectivity index (χ2v) is 6.35. The summed E-state index contributed by atoms with van der Waals surface area (Å²) in [6.07, 6.45) is 0. The van der Waals surface area contributed by atoms with Crippen molar-refractivity contribution in [2.24, 2.45) is 0 Å². The summed E-state index contributed by atoms with van der Waals surface area (Å²) in [6, 6.07) is 22.2. The van der Waals surface area contributed by atoms with Gasteiger partial charge in [0.1, 0.15) is 23.9 Å². The molecule has 0 aliphatic carbocycles. The average molecular weight is 383 g/mol. The standard InChI is InChI=1S/C22H19ClO4/c1-16-7-12-20(23)21(13-16)27-22(24)15-26-19-10-8-18(9-11-19)25-14-17-5-3-2-4-6-17/h2-13H,14-15H2,1H3. The molecule has 0 N–H and O–H groups in total. The van der Waals surface area contributed by atoms with E-state index in [4.69, 9.17) is 25.8 Å². The van der Waals surface area contributed by atoms with Gasteiger partial charge in [0.2, 0.25) is 0 Å². The highest BCUT2D eigenvalue weighted by atomic mass is 35.5. The van der Waals surface area contributed by atoms with Crippen molar-refractivity contribution in [1.29, 1.82) is 0 Å². The molecule has 0 spiro atoms. The van der Waals surface area contributed by atoms with E-state index in [0.717, 1.165) is 16.9 Å². The van der Waals surface area contributed by atoms with Gasteiger partial charge in [0.05, 0.1) is 5.02 Å². The van der Waals surface area contributed by atoms with Crippen molar-refractivity contribution in [3.05, 3.63) is 88.9 Å². The fourth-order valence-corrected chi connectivity index (χ4v) is 2.51. The van der Waals surface area contributed by atoms with E-state index in [1.54, 1.807) is 36.4 Å². The Labute approximate surface area is 163 Å². The number of hydrogen-bond donors (Lipinski definition) is 0. The van der Waals surface area contributed by atoms with E-state index < -0.39 is 5.97 Å². The quantitative estimate of drug-likeness (QED) is 0.415. The zero-order valence-corrected chi connectivity index (χ0v) is 15.6. The van der Waals surface area contributed by atoms with Crippen molar-refractivity contribution >= 4 is 17.6 Å². The molecule has 0 aromatic heterocycles. The van der Waals surface area contributed by atoms with E-state index in [-0.39, 0.29) is 6.61 Å². The van der Waals surface area contributed by atoms with Crippen molar-refractivity contribution in [2.45, 2.75) is 13.5 Å². The number of hydrogen-bond acceptors (Lipinski definition) is 4. The molecule has 27 heavy (non-hydrogen) atoms. The van der Waals surface area contributed by atoms with Gasteiger partial charge < -0.3 is 14.2 Å². The largest absolute Gasteiger partial charge is 0.489 e. The number of aryl methyl sites for hydroxylation is 1. The third kappa shape index (κ3) is 5.76. The minimum absolute atomic E-state index is 0.214. The molecule has 138 valence electrons. The highest BCUT2D eigenvalue weighted by Gasteiger charge is 2.10. The summed E-state index contributed by atoms with van der Waals surface area (Å²) in [4.78, 5) is 11.9. The molecule has 3 aromatic rings. The molecule has 0 saturated heterocycles. The summed E-state index contributed by atoms with van der Waals surface area (Å²) in [7, 11) is 0. The summed E-state index contributed by atoms with van der Waals surface area (Å²) in [6.45, 7) is 2.17. The van der Waals surface area contributed by atoms with Crippen LogP contribution in [0.15, 0.2) is 72.8 Å². The van der Waals surface area contributed by atoms with Crippen LogP contribution in [0.25, 0.3) is 0 Å². The van der Waals surface area contributed by atoms with Gasteiger partial charge in [0.15, 0.2) is 6.61 Å². The summed E-state index contributed by atoms with van der Waals surface area (Å²) in [5, 5.41) is 0.383. The van der Waals surface area contributed by atoms with E-state index in [1.165, 1.54) is 0 Å². The zero-order chi connectivity index (χ0) is 19.1. The van der Waals surface area contributed by atoms with Crippen LogP contribution < -0.4 is 14.2 Å². The zero-order valence-electron chi connectivity index (χ0n) is 14.9. The van der Waals surface area contributed by atoms with E-state index in [1.807, 2.05) is 43.3 Å². The Hall–Kier alpha value is -2.98. The molecule has 0 radical (unpaired) electrons. The smallest absolute Gasteiger partial charge is 0.349 e. The Kier molecular flexibility index (Phi) is 6.34. The van der Waals surface area contributed by atoms with Gasteiger partial charge in [-0.15, -0.1) is 0 Å². The minimum atomic E-state index is -0.521. The molecule has 0 saturated carbocycles. The SMILES string of the molecule is Cc1ccc(Cl)c(OC(=O)COc2ccc(OCc3ccccc3)cc2)c1. The Morgan fingerprint density at radius 3 is 2.26 bits per heavy atom. The lowest BCUT2D eigenvalue weighted by atomic mass is 10.2. The minimum Gasteiger partial charge on any atom is -0.489 e. The van der Waals surface area contributed by atoms with Gasteiger partial charge in [-0.1, -0.05) is 48.0 Å². The van der Waals surface area contributed by atoms with E-state index >= 15 is 0 Å². The summed E-state index contributed by atoms with van der Waals surface area (Å²) in [5.41, 5.74) is 2.05. The van der Waals surface area contributed by atoms with Crippen LogP contribution in [0.2, 0.25) is 5.02 Å². The van der Waals surface area contributed by atoms with Gasteiger partial charge in [-0.3, -0.25) is 0 Å². The van der Waals surface area contributed by atoms with Crippen molar-refractivity contribution in [1.82, 2.24) is 0 Å². The van der Waals surface area contributed by atoms with Crippen LogP contribution in [0, 0.1) is 6.92 Å². The first-order valence-corrected chi connectivity index (χ1v) is 8.84. The van der Waals surface area contributed by atoms with E-state index in [0.29, 0.717) is 23.1 Å². The predicted octanol–water partition coefficient (Wildman–Crippen LogP) is 5.21. The molecular weight excluding hydrogens is 364 g/mol. The second kappa shape index (κ2) is 9.10. The van der Waals surface area contributed by atoms with Gasteiger partial charge in [-0.25, -0.2) is 4.79 Å². The molecule has 0 heterocycles. The number of carbonyl (C=O) groups is 1. The average Bonchev–Trinajstić information content (AvgIpc) is 2.69. The van der Waals surface area contributed by atoms with Gasteiger partial charge >= 0.3 is 5.97 Å². The Balaban J connectivity index is 1.48. The predicted molar refractivity (Wildman–Crippen MR) is 105 cm³/mol. The molecule has 0 atom stereocenters. The normalized spacial score (nSPS) is 10.3. The number of halogens is 1. The number of ether oxygens (including phenoxy) is 3. The monoisotopic (exact) mass is 382 g/mol. The molecule has 3 rings (SSSR count). The molecule has 4 nitrogen and oxygen atoms in total. The van der Waals surface area contributed by atoms with Crippen LogP contribution in [0.1, 0.15) is 11.1 Å². The Morgan fingerprint density at radius 2 is 1.56 bits per heavy atom. The van der Waals surface area contributed by atoms with Crippen LogP contribution in [0.5, 0.6) is 17.2 Å². The molecule has 0 bridgehead atoms. The second-order valence-electron chi connectivity index (χ2n) is 5.94. The van der Waals surface area contributed by atoms with Crippen molar-refractivity contribution < 1.29 is 19.0 Å². The van der Waals surface area contributed by atoms with Crippen molar-refractivity contribution in [2.75, 3.05) is 6.61 Å². The lowest BCUT2D eigenvalue weighted by Gasteiger charge is -2.10. The Morgan fingerprint density at radius 1 is 0.889 bits per heavy atom. The first kappa shape index (κ1) is 18.8.